The van der Waals surface area contributed by atoms with Gasteiger partial charge in [-0.25, -0.2) is 9.18 Å². The summed E-state index contributed by atoms with van der Waals surface area (Å²) < 4.78 is 19.6. The molecule has 112 valence electrons. The van der Waals surface area contributed by atoms with E-state index in [4.69, 9.17) is 4.74 Å². The maximum atomic E-state index is 14.4. The van der Waals surface area contributed by atoms with Crippen LogP contribution in [0.5, 0.6) is 0 Å². The molecule has 0 saturated heterocycles. The minimum absolute atomic E-state index is 0.526. The zero-order chi connectivity index (χ0) is 16.0. The smallest absolute Gasteiger partial charge is 0.356 e. The van der Waals surface area contributed by atoms with Crippen LogP contribution in [0.15, 0.2) is 60.7 Å². The van der Waals surface area contributed by atoms with Crippen LogP contribution < -0.4 is 0 Å². The third kappa shape index (κ3) is 4.20. The van der Waals surface area contributed by atoms with Crippen molar-refractivity contribution in [1.82, 2.24) is 0 Å². The number of benzene rings is 2. The molecule has 0 saturated carbocycles. The Balaban J connectivity index is 2.06. The Kier molecular flexibility index (Phi) is 4.95. The lowest BCUT2D eigenvalue weighted by atomic mass is 10.1. The molecule has 0 aliphatic rings. The van der Waals surface area contributed by atoms with Crippen LogP contribution in [0.4, 0.5) is 4.39 Å². The van der Waals surface area contributed by atoms with E-state index < -0.39 is 17.7 Å². The quantitative estimate of drug-likeness (QED) is 0.630. The van der Waals surface area contributed by atoms with Crippen LogP contribution in [0.1, 0.15) is 31.1 Å². The molecule has 0 bridgehead atoms. The number of hydrogen-bond donors (Lipinski definition) is 0. The van der Waals surface area contributed by atoms with Crippen LogP contribution in [0.2, 0.25) is 0 Å². The molecule has 2 aromatic rings. The van der Waals surface area contributed by atoms with Gasteiger partial charge in [-0.1, -0.05) is 54.5 Å². The molecule has 2 atom stereocenters. The number of halogens is 1. The summed E-state index contributed by atoms with van der Waals surface area (Å²) in [6, 6.07) is 18.1. The van der Waals surface area contributed by atoms with Crippen molar-refractivity contribution < 1.29 is 13.9 Å². The average Bonchev–Trinajstić information content (AvgIpc) is 2.54. The molecule has 0 aliphatic carbocycles. The number of esters is 1. The number of carbonyl (C=O) groups is 1. The summed E-state index contributed by atoms with van der Waals surface area (Å²) in [6.07, 6.45) is -0.526. The summed E-state index contributed by atoms with van der Waals surface area (Å²) in [5.74, 6) is 4.01. The number of rotatable bonds is 3. The Hall–Kier alpha value is -2.60. The topological polar surface area (TPSA) is 26.3 Å². The predicted molar refractivity (Wildman–Crippen MR) is 83.8 cm³/mol. The van der Waals surface area contributed by atoms with Crippen molar-refractivity contribution in [2.24, 2.45) is 0 Å². The third-order valence-corrected chi connectivity index (χ3v) is 3.15. The predicted octanol–water partition coefficient (Wildman–Crippen LogP) is 4.07. The largest absolute Gasteiger partial charge is 0.455 e. The molecular weight excluding hydrogens is 279 g/mol. The molecular formula is C19H17FO2. The zero-order valence-electron chi connectivity index (χ0n) is 12.5. The lowest BCUT2D eigenvalue weighted by Crippen LogP contribution is -2.31. The Morgan fingerprint density at radius 3 is 2.23 bits per heavy atom. The van der Waals surface area contributed by atoms with Gasteiger partial charge in [-0.3, -0.25) is 0 Å². The van der Waals surface area contributed by atoms with Gasteiger partial charge in [0.15, 0.2) is 0 Å². The highest BCUT2D eigenvalue weighted by Gasteiger charge is 2.34. The first kappa shape index (κ1) is 15.8. The third-order valence-electron chi connectivity index (χ3n) is 3.15. The highest BCUT2D eigenvalue weighted by Crippen LogP contribution is 2.21. The van der Waals surface area contributed by atoms with Crippen LogP contribution in [0, 0.1) is 11.8 Å². The van der Waals surface area contributed by atoms with Gasteiger partial charge in [0.05, 0.1) is 0 Å². The SMILES string of the molecule is CC(OC(=O)C(C)(F)C#Cc1ccccc1)c1ccccc1. The molecule has 0 spiro atoms. The van der Waals surface area contributed by atoms with Crippen LogP contribution in [0.3, 0.4) is 0 Å². The fraction of sp³-hybridized carbons (Fsp3) is 0.211. The molecule has 2 nitrogen and oxygen atoms in total. The highest BCUT2D eigenvalue weighted by atomic mass is 19.1. The Labute approximate surface area is 129 Å². The van der Waals surface area contributed by atoms with Crippen molar-refractivity contribution >= 4 is 5.97 Å². The van der Waals surface area contributed by atoms with Gasteiger partial charge in [-0.2, -0.15) is 0 Å². The van der Waals surface area contributed by atoms with Crippen LogP contribution in [0.25, 0.3) is 0 Å². The summed E-state index contributed by atoms with van der Waals surface area (Å²) in [5, 5.41) is 0. The molecule has 22 heavy (non-hydrogen) atoms. The fourth-order valence-corrected chi connectivity index (χ4v) is 1.83. The number of carbonyl (C=O) groups excluding carboxylic acids is 1. The van der Waals surface area contributed by atoms with Crippen molar-refractivity contribution in [2.75, 3.05) is 0 Å². The van der Waals surface area contributed by atoms with Crippen molar-refractivity contribution in [3.63, 3.8) is 0 Å². The number of alkyl halides is 1. The molecule has 0 radical (unpaired) electrons. The van der Waals surface area contributed by atoms with E-state index in [1.165, 1.54) is 0 Å². The molecule has 2 rings (SSSR count). The maximum absolute atomic E-state index is 14.4. The molecule has 2 unspecified atom stereocenters. The van der Waals surface area contributed by atoms with E-state index >= 15 is 0 Å². The van der Waals surface area contributed by atoms with Crippen molar-refractivity contribution in [2.45, 2.75) is 25.6 Å². The first-order chi connectivity index (χ1) is 10.5. The molecule has 2 aromatic carbocycles. The van der Waals surface area contributed by atoms with Crippen LogP contribution in [-0.4, -0.2) is 11.6 Å². The molecule has 0 N–H and O–H groups in total. The fourth-order valence-electron chi connectivity index (χ4n) is 1.83. The van der Waals surface area contributed by atoms with Gasteiger partial charge in [0.1, 0.15) is 6.10 Å². The summed E-state index contributed by atoms with van der Waals surface area (Å²) in [6.45, 7) is 2.82. The second-order valence-electron chi connectivity index (χ2n) is 5.08. The van der Waals surface area contributed by atoms with Gasteiger partial charge in [0.25, 0.3) is 5.67 Å². The van der Waals surface area contributed by atoms with E-state index in [-0.39, 0.29) is 0 Å². The minimum atomic E-state index is -2.35. The first-order valence-electron chi connectivity index (χ1n) is 7.02. The van der Waals surface area contributed by atoms with Gasteiger partial charge in [-0.15, -0.1) is 0 Å². The van der Waals surface area contributed by atoms with E-state index in [2.05, 4.69) is 11.8 Å². The Bertz CT molecular complexity index is 682. The summed E-state index contributed by atoms with van der Waals surface area (Å²) in [7, 11) is 0. The van der Waals surface area contributed by atoms with E-state index in [1.807, 2.05) is 36.4 Å². The molecule has 0 heterocycles. The summed E-state index contributed by atoms with van der Waals surface area (Å²) >= 11 is 0. The van der Waals surface area contributed by atoms with E-state index in [1.54, 1.807) is 31.2 Å². The summed E-state index contributed by atoms with van der Waals surface area (Å²) in [5.41, 5.74) is -0.892. The van der Waals surface area contributed by atoms with E-state index in [0.29, 0.717) is 5.56 Å². The van der Waals surface area contributed by atoms with Crippen molar-refractivity contribution in [3.05, 3.63) is 71.8 Å². The van der Waals surface area contributed by atoms with Crippen LogP contribution >= 0.6 is 0 Å². The zero-order valence-corrected chi connectivity index (χ0v) is 12.5. The first-order valence-corrected chi connectivity index (χ1v) is 7.02. The second kappa shape index (κ2) is 6.91. The highest BCUT2D eigenvalue weighted by molar-refractivity contribution is 5.83. The second-order valence-corrected chi connectivity index (χ2v) is 5.08. The van der Waals surface area contributed by atoms with Gasteiger partial charge < -0.3 is 4.74 Å². The maximum Gasteiger partial charge on any atom is 0.356 e. The van der Waals surface area contributed by atoms with Gasteiger partial charge in [0, 0.05) is 5.56 Å². The van der Waals surface area contributed by atoms with E-state index in [9.17, 15) is 9.18 Å². The summed E-state index contributed by atoms with van der Waals surface area (Å²) in [4.78, 5) is 12.0. The normalized spacial score (nSPS) is 14.1. The van der Waals surface area contributed by atoms with Gasteiger partial charge >= 0.3 is 5.97 Å². The van der Waals surface area contributed by atoms with Gasteiger partial charge in [0.2, 0.25) is 0 Å². The number of hydrogen-bond acceptors (Lipinski definition) is 2. The van der Waals surface area contributed by atoms with Gasteiger partial charge in [-0.05, 0) is 37.5 Å². The molecule has 3 heteroatoms. The van der Waals surface area contributed by atoms with Crippen molar-refractivity contribution in [1.29, 1.82) is 0 Å². The molecule has 0 aliphatic heterocycles. The Morgan fingerprint density at radius 2 is 1.64 bits per heavy atom. The minimum Gasteiger partial charge on any atom is -0.455 e. The molecule has 0 aromatic heterocycles. The lowest BCUT2D eigenvalue weighted by Gasteiger charge is -2.18. The Morgan fingerprint density at radius 1 is 1.09 bits per heavy atom. The van der Waals surface area contributed by atoms with Crippen LogP contribution in [-0.2, 0) is 9.53 Å². The average molecular weight is 296 g/mol. The monoisotopic (exact) mass is 296 g/mol. The van der Waals surface area contributed by atoms with Crippen molar-refractivity contribution in [3.8, 4) is 11.8 Å². The lowest BCUT2D eigenvalue weighted by molar-refractivity contribution is -0.158. The standard InChI is InChI=1S/C19H17FO2/c1-15(17-11-7-4-8-12-17)22-18(21)19(2,20)14-13-16-9-5-3-6-10-16/h3-12,15H,1-2H3. The molecule has 0 fully saturated rings. The number of ether oxygens (including phenoxy) is 1. The van der Waals surface area contributed by atoms with E-state index in [0.717, 1.165) is 12.5 Å². The molecule has 0 amide bonds.